The number of aryl methyl sites for hydroxylation is 2. The summed E-state index contributed by atoms with van der Waals surface area (Å²) in [6.45, 7) is 15.9. The molecule has 1 aromatic carbocycles. The molecule has 1 heterocycles. The molecule has 168 valence electrons. The van der Waals surface area contributed by atoms with Crippen molar-refractivity contribution in [1.82, 2.24) is 0 Å². The lowest BCUT2D eigenvalue weighted by atomic mass is 9.92. The predicted octanol–water partition coefficient (Wildman–Crippen LogP) is 8.47. The van der Waals surface area contributed by atoms with Crippen LogP contribution in [0.1, 0.15) is 110 Å². The Morgan fingerprint density at radius 2 is 1.55 bits per heavy atom. The van der Waals surface area contributed by atoms with Crippen LogP contribution >= 0.6 is 0 Å². The van der Waals surface area contributed by atoms with Crippen LogP contribution < -0.4 is 4.74 Å². The van der Waals surface area contributed by atoms with Gasteiger partial charge in [-0.2, -0.15) is 0 Å². The summed E-state index contributed by atoms with van der Waals surface area (Å²) >= 11 is 0. The lowest BCUT2D eigenvalue weighted by molar-refractivity contribution is 0.190. The van der Waals surface area contributed by atoms with Gasteiger partial charge in [0.2, 0.25) is 0 Å². The largest absolute Gasteiger partial charge is 0.508 e. The van der Waals surface area contributed by atoms with Crippen LogP contribution in [-0.4, -0.2) is 11.2 Å². The number of hydrogen-bond acceptors (Lipinski definition) is 2. The van der Waals surface area contributed by atoms with E-state index in [-0.39, 0.29) is 0 Å². The number of phenolic OH excluding ortho intramolecular Hbond substituents is 1. The highest BCUT2D eigenvalue weighted by atomic mass is 16.5. The average molecular weight is 405 g/mol. The van der Waals surface area contributed by atoms with Crippen LogP contribution in [0.5, 0.6) is 11.5 Å². The Labute approximate surface area is 181 Å². The molecule has 0 spiro atoms. The Kier molecular flexibility index (Phi) is 12.4. The van der Waals surface area contributed by atoms with Gasteiger partial charge in [-0.05, 0) is 67.7 Å². The van der Waals surface area contributed by atoms with E-state index in [0.29, 0.717) is 11.9 Å². The summed E-state index contributed by atoms with van der Waals surface area (Å²) in [6, 6.07) is 3.55. The van der Waals surface area contributed by atoms with Crippen LogP contribution in [0, 0.1) is 24.7 Å². The van der Waals surface area contributed by atoms with Gasteiger partial charge >= 0.3 is 0 Å². The van der Waals surface area contributed by atoms with Gasteiger partial charge in [-0.1, -0.05) is 86.0 Å². The monoisotopic (exact) mass is 404 g/mol. The standard InChI is InChI=1S/C16H34.C11H14O2/c1-6-9-15(4)12-8-13-16(5)11-7-10-14(2)3;1-7-5-10(12)6-9-4-3-8(2)13-11(7)9/h14-16H,6-13H2,1-5H3;5-6,8,12H,3-4H2,1-2H3. The third kappa shape index (κ3) is 11.0. The molecule has 0 aromatic heterocycles. The third-order valence-corrected chi connectivity index (χ3v) is 6.13. The third-order valence-electron chi connectivity index (χ3n) is 6.13. The van der Waals surface area contributed by atoms with E-state index in [2.05, 4.69) is 41.5 Å². The van der Waals surface area contributed by atoms with E-state index < -0.39 is 0 Å². The molecule has 3 atom stereocenters. The summed E-state index contributed by atoms with van der Waals surface area (Å²) in [5, 5.41) is 9.38. The highest BCUT2D eigenvalue weighted by molar-refractivity contribution is 5.47. The first-order valence-corrected chi connectivity index (χ1v) is 12.2. The van der Waals surface area contributed by atoms with Crippen LogP contribution in [0.2, 0.25) is 0 Å². The van der Waals surface area contributed by atoms with Gasteiger partial charge in [0, 0.05) is 0 Å². The minimum atomic E-state index is 0.302. The fourth-order valence-corrected chi connectivity index (χ4v) is 4.27. The van der Waals surface area contributed by atoms with Crippen molar-refractivity contribution < 1.29 is 9.84 Å². The molecule has 0 fully saturated rings. The van der Waals surface area contributed by atoms with Gasteiger partial charge in [0.1, 0.15) is 11.5 Å². The first-order valence-electron chi connectivity index (χ1n) is 12.2. The summed E-state index contributed by atoms with van der Waals surface area (Å²) in [6.07, 6.45) is 13.8. The maximum Gasteiger partial charge on any atom is 0.126 e. The number of fused-ring (bicyclic) bond motifs is 1. The minimum Gasteiger partial charge on any atom is -0.508 e. The van der Waals surface area contributed by atoms with Crippen molar-refractivity contribution >= 4 is 0 Å². The Morgan fingerprint density at radius 3 is 2.14 bits per heavy atom. The first-order chi connectivity index (χ1) is 13.7. The highest BCUT2D eigenvalue weighted by Gasteiger charge is 2.18. The number of ether oxygens (including phenoxy) is 1. The second-order valence-corrected chi connectivity index (χ2v) is 9.97. The van der Waals surface area contributed by atoms with E-state index in [1.165, 1.54) is 51.4 Å². The van der Waals surface area contributed by atoms with Crippen molar-refractivity contribution in [3.63, 3.8) is 0 Å². The molecular weight excluding hydrogens is 356 g/mol. The van der Waals surface area contributed by atoms with Gasteiger partial charge in [-0.3, -0.25) is 0 Å². The van der Waals surface area contributed by atoms with Gasteiger partial charge in [0.15, 0.2) is 0 Å². The molecule has 1 aromatic rings. The van der Waals surface area contributed by atoms with Gasteiger partial charge < -0.3 is 9.84 Å². The fourth-order valence-electron chi connectivity index (χ4n) is 4.27. The van der Waals surface area contributed by atoms with E-state index >= 15 is 0 Å². The average Bonchev–Trinajstić information content (AvgIpc) is 2.63. The SMILES string of the molecule is CCCC(C)CCCC(C)CCCC(C)C.Cc1cc(O)cc2c1OC(C)CC2. The normalized spacial score (nSPS) is 17.7. The molecule has 0 aliphatic carbocycles. The smallest absolute Gasteiger partial charge is 0.126 e. The molecule has 0 saturated carbocycles. The number of phenols is 1. The molecule has 2 heteroatoms. The van der Waals surface area contributed by atoms with Crippen LogP contribution in [0.25, 0.3) is 0 Å². The maximum atomic E-state index is 9.38. The van der Waals surface area contributed by atoms with Crippen molar-refractivity contribution in [3.8, 4) is 11.5 Å². The van der Waals surface area contributed by atoms with Gasteiger partial charge in [-0.25, -0.2) is 0 Å². The molecule has 3 unspecified atom stereocenters. The summed E-state index contributed by atoms with van der Waals surface area (Å²) in [7, 11) is 0. The van der Waals surface area contributed by atoms with E-state index in [4.69, 9.17) is 4.74 Å². The van der Waals surface area contributed by atoms with Crippen LogP contribution in [0.15, 0.2) is 12.1 Å². The summed E-state index contributed by atoms with van der Waals surface area (Å²) < 4.78 is 5.71. The summed E-state index contributed by atoms with van der Waals surface area (Å²) in [4.78, 5) is 0. The minimum absolute atomic E-state index is 0.302. The quantitative estimate of drug-likeness (QED) is 0.423. The van der Waals surface area contributed by atoms with Gasteiger partial charge in [0.25, 0.3) is 0 Å². The van der Waals surface area contributed by atoms with E-state index in [0.717, 1.165) is 47.5 Å². The molecule has 2 rings (SSSR count). The van der Waals surface area contributed by atoms with Gasteiger partial charge in [0.05, 0.1) is 6.10 Å². The molecule has 1 aliphatic rings. The zero-order valence-electron chi connectivity index (χ0n) is 20.4. The number of benzene rings is 1. The number of hydrogen-bond donors (Lipinski definition) is 1. The van der Waals surface area contributed by atoms with Crippen molar-refractivity contribution in [2.45, 2.75) is 119 Å². The topological polar surface area (TPSA) is 29.5 Å². The van der Waals surface area contributed by atoms with Crippen LogP contribution in [-0.2, 0) is 6.42 Å². The molecule has 2 nitrogen and oxygen atoms in total. The molecule has 0 radical (unpaired) electrons. The van der Waals surface area contributed by atoms with E-state index in [9.17, 15) is 5.11 Å². The Hall–Kier alpha value is -1.18. The predicted molar refractivity (Wildman–Crippen MR) is 127 cm³/mol. The fraction of sp³-hybridized carbons (Fsp3) is 0.778. The number of aromatic hydroxyl groups is 1. The maximum absolute atomic E-state index is 9.38. The van der Waals surface area contributed by atoms with Crippen molar-refractivity contribution in [1.29, 1.82) is 0 Å². The van der Waals surface area contributed by atoms with Crippen molar-refractivity contribution in [2.75, 3.05) is 0 Å². The Balaban J connectivity index is 0.000000294. The van der Waals surface area contributed by atoms with E-state index in [1.54, 1.807) is 12.1 Å². The second kappa shape index (κ2) is 13.9. The summed E-state index contributed by atoms with van der Waals surface area (Å²) in [5.41, 5.74) is 2.16. The molecule has 0 saturated heterocycles. The molecule has 0 bridgehead atoms. The molecular formula is C27H48O2. The van der Waals surface area contributed by atoms with Crippen LogP contribution in [0.3, 0.4) is 0 Å². The zero-order valence-corrected chi connectivity index (χ0v) is 20.4. The molecule has 1 N–H and O–H groups in total. The Morgan fingerprint density at radius 1 is 0.966 bits per heavy atom. The lowest BCUT2D eigenvalue weighted by Gasteiger charge is -2.24. The molecule has 1 aliphatic heterocycles. The Bertz CT molecular complexity index is 564. The highest BCUT2D eigenvalue weighted by Crippen LogP contribution is 2.33. The van der Waals surface area contributed by atoms with Crippen molar-refractivity contribution in [3.05, 3.63) is 23.3 Å². The summed E-state index contributed by atoms with van der Waals surface area (Å²) in [5.74, 6) is 4.10. The zero-order chi connectivity index (χ0) is 21.8. The number of rotatable bonds is 10. The molecule has 0 amide bonds. The first kappa shape index (κ1) is 25.9. The second-order valence-electron chi connectivity index (χ2n) is 9.97. The molecule has 29 heavy (non-hydrogen) atoms. The lowest BCUT2D eigenvalue weighted by Crippen LogP contribution is -2.19. The van der Waals surface area contributed by atoms with Gasteiger partial charge in [-0.15, -0.1) is 0 Å². The van der Waals surface area contributed by atoms with E-state index in [1.807, 2.05) is 6.92 Å². The van der Waals surface area contributed by atoms with Crippen LogP contribution in [0.4, 0.5) is 0 Å². The van der Waals surface area contributed by atoms with Crippen molar-refractivity contribution in [2.24, 2.45) is 17.8 Å².